The minimum Gasteiger partial charge on any atom is -0.480 e. The molecule has 2 atom stereocenters. The molecule has 2 rings (SSSR count). The molecular formula is C22H29NO5. The van der Waals surface area contributed by atoms with Gasteiger partial charge in [-0.15, -0.1) is 0 Å². The number of carboxylic acid groups (broad SMARTS) is 1. The Morgan fingerprint density at radius 1 is 1.25 bits per heavy atom. The number of likely N-dealkylation sites (tertiary alicyclic amines) is 1. The highest BCUT2D eigenvalue weighted by Crippen LogP contribution is 2.19. The first-order chi connectivity index (χ1) is 13.6. The molecule has 1 saturated heterocycles. The number of hydrogen-bond donors (Lipinski definition) is 2. The minimum atomic E-state index is -1.00. The number of aliphatic hydroxyl groups is 1. The lowest BCUT2D eigenvalue weighted by atomic mass is 10.0. The standard InChI is InChI=1S/C22H29NO5/c24-20(16-18-8-2-1-3-9-18)13-12-19-10-4-5-11-21(25)23(19)14-6-7-15-28-17-22(26)27/h1-3,6-9,12-13,19-20,24H,4-5,10-11,14-17H2,(H,26,27)/t19-,20?/m1/s1. The van der Waals surface area contributed by atoms with Crippen molar-refractivity contribution < 1.29 is 24.5 Å². The van der Waals surface area contributed by atoms with E-state index in [4.69, 9.17) is 9.84 Å². The van der Waals surface area contributed by atoms with E-state index in [0.29, 0.717) is 19.4 Å². The van der Waals surface area contributed by atoms with Crippen LogP contribution in [-0.4, -0.2) is 58.9 Å². The van der Waals surface area contributed by atoms with E-state index < -0.39 is 12.1 Å². The molecule has 0 saturated carbocycles. The molecule has 6 heteroatoms. The number of carbonyl (C=O) groups excluding carboxylic acids is 1. The van der Waals surface area contributed by atoms with E-state index in [-0.39, 0.29) is 25.2 Å². The van der Waals surface area contributed by atoms with Crippen LogP contribution >= 0.6 is 0 Å². The summed E-state index contributed by atoms with van der Waals surface area (Å²) in [5, 5.41) is 18.8. The lowest BCUT2D eigenvalue weighted by Crippen LogP contribution is -2.38. The van der Waals surface area contributed by atoms with E-state index in [1.165, 1.54) is 0 Å². The summed E-state index contributed by atoms with van der Waals surface area (Å²) in [7, 11) is 0. The number of benzene rings is 1. The van der Waals surface area contributed by atoms with Crippen molar-refractivity contribution in [1.82, 2.24) is 4.90 Å². The van der Waals surface area contributed by atoms with Crippen molar-refractivity contribution in [3.63, 3.8) is 0 Å². The van der Waals surface area contributed by atoms with E-state index in [1.54, 1.807) is 12.2 Å². The quantitative estimate of drug-likeness (QED) is 0.476. The third-order valence-electron chi connectivity index (χ3n) is 4.61. The van der Waals surface area contributed by atoms with Gasteiger partial charge in [-0.3, -0.25) is 4.79 Å². The Morgan fingerprint density at radius 3 is 2.79 bits per heavy atom. The molecule has 2 N–H and O–H groups in total. The average Bonchev–Trinajstić information content (AvgIpc) is 2.85. The Balaban J connectivity index is 1.91. The summed E-state index contributed by atoms with van der Waals surface area (Å²) in [4.78, 5) is 24.7. The van der Waals surface area contributed by atoms with Crippen LogP contribution in [-0.2, 0) is 20.7 Å². The van der Waals surface area contributed by atoms with E-state index in [9.17, 15) is 14.7 Å². The largest absolute Gasteiger partial charge is 0.480 e. The summed E-state index contributed by atoms with van der Waals surface area (Å²) in [5.74, 6) is -0.906. The number of rotatable bonds is 10. The second kappa shape index (κ2) is 12.1. The normalized spacial score (nSPS) is 19.2. The minimum absolute atomic E-state index is 0.0509. The highest BCUT2D eigenvalue weighted by molar-refractivity contribution is 5.77. The lowest BCUT2D eigenvalue weighted by Gasteiger charge is -2.27. The van der Waals surface area contributed by atoms with Crippen LogP contribution in [0.25, 0.3) is 0 Å². The van der Waals surface area contributed by atoms with Gasteiger partial charge in [0, 0.05) is 19.4 Å². The van der Waals surface area contributed by atoms with Gasteiger partial charge in [-0.2, -0.15) is 0 Å². The van der Waals surface area contributed by atoms with Gasteiger partial charge in [0.25, 0.3) is 0 Å². The highest BCUT2D eigenvalue weighted by Gasteiger charge is 2.23. The average molecular weight is 387 g/mol. The molecule has 152 valence electrons. The predicted octanol–water partition coefficient (Wildman–Crippen LogP) is 2.57. The molecular weight excluding hydrogens is 358 g/mol. The van der Waals surface area contributed by atoms with E-state index in [2.05, 4.69) is 0 Å². The molecule has 0 bridgehead atoms. The van der Waals surface area contributed by atoms with Crippen molar-refractivity contribution in [2.24, 2.45) is 0 Å². The van der Waals surface area contributed by atoms with Crippen LogP contribution < -0.4 is 0 Å². The zero-order valence-corrected chi connectivity index (χ0v) is 16.1. The Bertz CT molecular complexity index is 671. The van der Waals surface area contributed by atoms with Crippen LogP contribution in [0, 0.1) is 0 Å². The SMILES string of the molecule is O=C(O)COCC=CCN1C(=O)CCCC[C@@H]1C=CC(O)Cc1ccccc1. The van der Waals surface area contributed by atoms with Crippen LogP contribution in [0.1, 0.15) is 31.2 Å². The third-order valence-corrected chi connectivity index (χ3v) is 4.61. The summed E-state index contributed by atoms with van der Waals surface area (Å²) in [6, 6.07) is 9.76. The fourth-order valence-electron chi connectivity index (χ4n) is 3.20. The monoisotopic (exact) mass is 387 g/mol. The van der Waals surface area contributed by atoms with Crippen LogP contribution in [0.4, 0.5) is 0 Å². The number of carboxylic acids is 1. The molecule has 1 aromatic carbocycles. The number of hydrogen-bond acceptors (Lipinski definition) is 4. The van der Waals surface area contributed by atoms with Gasteiger partial charge in [-0.25, -0.2) is 4.79 Å². The number of amides is 1. The van der Waals surface area contributed by atoms with Crippen molar-refractivity contribution in [1.29, 1.82) is 0 Å². The molecule has 0 radical (unpaired) electrons. The molecule has 1 fully saturated rings. The maximum Gasteiger partial charge on any atom is 0.329 e. The van der Waals surface area contributed by atoms with Crippen molar-refractivity contribution in [2.45, 2.75) is 44.2 Å². The van der Waals surface area contributed by atoms with Crippen molar-refractivity contribution in [3.05, 3.63) is 60.2 Å². The Labute approximate surface area is 166 Å². The molecule has 0 aliphatic carbocycles. The molecule has 1 heterocycles. The fourth-order valence-corrected chi connectivity index (χ4v) is 3.20. The van der Waals surface area contributed by atoms with Gasteiger partial charge in [-0.1, -0.05) is 61.1 Å². The maximum absolute atomic E-state index is 12.5. The molecule has 28 heavy (non-hydrogen) atoms. The van der Waals surface area contributed by atoms with Crippen LogP contribution in [0.15, 0.2) is 54.6 Å². The van der Waals surface area contributed by atoms with Crippen LogP contribution in [0.5, 0.6) is 0 Å². The third kappa shape index (κ3) is 8.06. The zero-order valence-electron chi connectivity index (χ0n) is 16.1. The van der Waals surface area contributed by atoms with Gasteiger partial charge >= 0.3 is 5.97 Å². The number of aliphatic carboxylic acids is 1. The molecule has 1 aliphatic heterocycles. The fraction of sp³-hybridized carbons (Fsp3) is 0.455. The first-order valence-corrected chi connectivity index (χ1v) is 9.70. The summed E-state index contributed by atoms with van der Waals surface area (Å²) < 4.78 is 4.96. The summed E-state index contributed by atoms with van der Waals surface area (Å²) in [6.07, 6.45) is 10.5. The molecule has 1 amide bonds. The van der Waals surface area contributed by atoms with Gasteiger partial charge in [0.05, 0.1) is 18.8 Å². The van der Waals surface area contributed by atoms with Crippen LogP contribution in [0.2, 0.25) is 0 Å². The number of aliphatic hydroxyl groups excluding tert-OH is 1. The van der Waals surface area contributed by atoms with Crippen molar-refractivity contribution in [2.75, 3.05) is 19.8 Å². The number of ether oxygens (including phenoxy) is 1. The Morgan fingerprint density at radius 2 is 2.04 bits per heavy atom. The second-order valence-corrected chi connectivity index (χ2v) is 6.88. The van der Waals surface area contributed by atoms with Gasteiger partial charge in [0.2, 0.25) is 5.91 Å². The number of nitrogens with zero attached hydrogens (tertiary/aromatic N) is 1. The first kappa shape index (κ1) is 21.9. The van der Waals surface area contributed by atoms with Gasteiger partial charge in [-0.05, 0) is 18.4 Å². The van der Waals surface area contributed by atoms with E-state index in [1.807, 2.05) is 47.4 Å². The van der Waals surface area contributed by atoms with E-state index in [0.717, 1.165) is 24.8 Å². The molecule has 6 nitrogen and oxygen atoms in total. The summed E-state index contributed by atoms with van der Waals surface area (Å²) >= 11 is 0. The van der Waals surface area contributed by atoms with E-state index >= 15 is 0 Å². The van der Waals surface area contributed by atoms with Gasteiger partial charge in [0.1, 0.15) is 6.61 Å². The summed E-state index contributed by atoms with van der Waals surface area (Å²) in [6.45, 7) is 0.307. The van der Waals surface area contributed by atoms with Crippen LogP contribution in [0.3, 0.4) is 0 Å². The first-order valence-electron chi connectivity index (χ1n) is 9.70. The number of carbonyl (C=O) groups is 2. The zero-order chi connectivity index (χ0) is 20.2. The molecule has 1 aliphatic rings. The Hall–Kier alpha value is -2.44. The molecule has 1 aromatic rings. The Kier molecular flexibility index (Phi) is 9.45. The molecule has 0 aromatic heterocycles. The van der Waals surface area contributed by atoms with Gasteiger partial charge in [0.15, 0.2) is 0 Å². The topological polar surface area (TPSA) is 87.1 Å². The molecule has 0 spiro atoms. The smallest absolute Gasteiger partial charge is 0.329 e. The second-order valence-electron chi connectivity index (χ2n) is 6.88. The predicted molar refractivity (Wildman–Crippen MR) is 107 cm³/mol. The van der Waals surface area contributed by atoms with Gasteiger partial charge < -0.3 is 19.8 Å². The van der Waals surface area contributed by atoms with Crippen molar-refractivity contribution in [3.8, 4) is 0 Å². The van der Waals surface area contributed by atoms with Crippen molar-refractivity contribution >= 4 is 11.9 Å². The highest BCUT2D eigenvalue weighted by atomic mass is 16.5. The molecule has 1 unspecified atom stereocenters. The maximum atomic E-state index is 12.5. The summed E-state index contributed by atoms with van der Waals surface area (Å²) in [5.41, 5.74) is 1.07. The lowest BCUT2D eigenvalue weighted by molar-refractivity contribution is -0.141.